The number of rotatable bonds is 2. The number of nitrogens with zero attached hydrogens (tertiary/aromatic N) is 2. The van der Waals surface area contributed by atoms with Crippen molar-refractivity contribution in [3.8, 4) is 0 Å². The van der Waals surface area contributed by atoms with E-state index < -0.39 is 10.8 Å². The van der Waals surface area contributed by atoms with Gasteiger partial charge in [-0.15, -0.1) is 0 Å². The van der Waals surface area contributed by atoms with E-state index in [1.807, 2.05) is 51.8 Å². The van der Waals surface area contributed by atoms with Crippen molar-refractivity contribution in [2.45, 2.75) is 39.4 Å². The Morgan fingerprint density at radius 2 is 2.00 bits per heavy atom. The zero-order valence-electron chi connectivity index (χ0n) is 13.0. The lowest BCUT2D eigenvalue weighted by Gasteiger charge is -2.15. The molecule has 0 saturated carbocycles. The van der Waals surface area contributed by atoms with Crippen molar-refractivity contribution in [1.82, 2.24) is 9.78 Å². The van der Waals surface area contributed by atoms with E-state index in [1.165, 1.54) is 0 Å². The summed E-state index contributed by atoms with van der Waals surface area (Å²) in [4.78, 5) is 0. The lowest BCUT2D eigenvalue weighted by Crippen LogP contribution is -2.19. The molecule has 0 bridgehead atoms. The van der Waals surface area contributed by atoms with Crippen molar-refractivity contribution in [2.24, 2.45) is 7.05 Å². The van der Waals surface area contributed by atoms with E-state index in [0.717, 1.165) is 27.7 Å². The summed E-state index contributed by atoms with van der Waals surface area (Å²) in [6, 6.07) is 6.26. The summed E-state index contributed by atoms with van der Waals surface area (Å²) in [6.45, 7) is 9.99. The van der Waals surface area contributed by atoms with Gasteiger partial charge in [0.25, 0.3) is 0 Å². The molecule has 0 aliphatic carbocycles. The van der Waals surface area contributed by atoms with Gasteiger partial charge in [-0.05, 0) is 57.9 Å². The molecule has 1 aromatic carbocycles. The van der Waals surface area contributed by atoms with Crippen LogP contribution in [0.1, 0.15) is 39.0 Å². The first-order valence-electron chi connectivity index (χ1n) is 6.73. The molecule has 0 aliphatic rings. The predicted octanol–water partition coefficient (Wildman–Crippen LogP) is 3.79. The fraction of sp³-hybridized carbons (Fsp3) is 0.438. The van der Waals surface area contributed by atoms with Crippen LogP contribution in [0.25, 0.3) is 16.5 Å². The third kappa shape index (κ3) is 2.85. The molecule has 0 N–H and O–H groups in total. The van der Waals surface area contributed by atoms with E-state index in [1.54, 1.807) is 0 Å². The number of hydrogen-bond donors (Lipinski definition) is 0. The molecule has 20 heavy (non-hydrogen) atoms. The summed E-state index contributed by atoms with van der Waals surface area (Å²) in [5.41, 5.74) is 4.29. The van der Waals surface area contributed by atoms with Crippen LogP contribution in [0.15, 0.2) is 23.6 Å². The average molecular weight is 290 g/mol. The van der Waals surface area contributed by atoms with Crippen LogP contribution in [0.4, 0.5) is 0 Å². The molecular weight excluding hydrogens is 268 g/mol. The third-order valence-corrected chi connectivity index (χ3v) is 5.15. The van der Waals surface area contributed by atoms with E-state index in [-0.39, 0.29) is 4.75 Å². The predicted molar refractivity (Wildman–Crippen MR) is 87.0 cm³/mol. The molecule has 108 valence electrons. The third-order valence-electron chi connectivity index (χ3n) is 3.38. The number of benzene rings is 1. The number of aromatic nitrogens is 2. The van der Waals surface area contributed by atoms with E-state index in [2.05, 4.69) is 23.3 Å². The second kappa shape index (κ2) is 5.17. The number of allylic oxidation sites excluding steroid dienone is 1. The lowest BCUT2D eigenvalue weighted by atomic mass is 10.1. The number of fused-ring (bicyclic) bond motifs is 1. The van der Waals surface area contributed by atoms with Crippen molar-refractivity contribution >= 4 is 27.3 Å². The van der Waals surface area contributed by atoms with Crippen LogP contribution in [0.2, 0.25) is 0 Å². The molecule has 1 heterocycles. The van der Waals surface area contributed by atoms with Gasteiger partial charge < -0.3 is 0 Å². The highest BCUT2D eigenvalue weighted by atomic mass is 32.2. The highest BCUT2D eigenvalue weighted by molar-refractivity contribution is 7.89. The fourth-order valence-corrected chi connectivity index (χ4v) is 2.90. The number of aryl methyl sites for hydroxylation is 2. The summed E-state index contributed by atoms with van der Waals surface area (Å²) < 4.78 is 13.9. The topological polar surface area (TPSA) is 34.9 Å². The first kappa shape index (κ1) is 15.0. The monoisotopic (exact) mass is 290 g/mol. The van der Waals surface area contributed by atoms with E-state index in [0.29, 0.717) is 0 Å². The zero-order valence-corrected chi connectivity index (χ0v) is 13.8. The summed E-state index contributed by atoms with van der Waals surface area (Å²) in [5, 5.41) is 7.43. The zero-order chi connectivity index (χ0) is 15.1. The van der Waals surface area contributed by atoms with Gasteiger partial charge >= 0.3 is 0 Å². The van der Waals surface area contributed by atoms with Gasteiger partial charge in [0.2, 0.25) is 0 Å². The molecule has 2 aromatic rings. The Kier molecular flexibility index (Phi) is 3.87. The van der Waals surface area contributed by atoms with Gasteiger partial charge in [0.05, 0.1) is 22.0 Å². The molecule has 2 rings (SSSR count). The highest BCUT2D eigenvalue weighted by Crippen LogP contribution is 2.24. The Balaban J connectivity index is 2.46. The SMILES string of the molecule is C/C(=C/S(=O)C(C)(C)C)c1ccc2c(c1)c(C)nn2C. The van der Waals surface area contributed by atoms with Gasteiger partial charge in [-0.1, -0.05) is 6.07 Å². The molecule has 0 amide bonds. The standard InChI is InChI=1S/C16H22N2OS/c1-11(10-20(19)16(3,4)5)13-7-8-15-14(9-13)12(2)17-18(15)6/h7-10H,1-6H3/b11-10-. The Labute approximate surface area is 123 Å². The van der Waals surface area contributed by atoms with Crippen LogP contribution >= 0.6 is 0 Å². The minimum atomic E-state index is -0.985. The molecule has 0 saturated heterocycles. The second-order valence-corrected chi connectivity index (χ2v) is 8.21. The Hall–Kier alpha value is -1.42. The maximum atomic E-state index is 12.2. The quantitative estimate of drug-likeness (QED) is 0.843. The van der Waals surface area contributed by atoms with Crippen molar-refractivity contribution in [2.75, 3.05) is 0 Å². The van der Waals surface area contributed by atoms with E-state index in [4.69, 9.17) is 0 Å². The van der Waals surface area contributed by atoms with Gasteiger partial charge in [-0.25, -0.2) is 0 Å². The first-order chi connectivity index (χ1) is 9.20. The Morgan fingerprint density at radius 3 is 2.60 bits per heavy atom. The van der Waals surface area contributed by atoms with Crippen molar-refractivity contribution in [3.63, 3.8) is 0 Å². The normalized spacial score (nSPS) is 14.8. The van der Waals surface area contributed by atoms with E-state index in [9.17, 15) is 4.21 Å². The van der Waals surface area contributed by atoms with Crippen molar-refractivity contribution < 1.29 is 4.21 Å². The molecule has 4 heteroatoms. The largest absolute Gasteiger partial charge is 0.268 e. The molecule has 1 unspecified atom stereocenters. The van der Waals surface area contributed by atoms with Crippen LogP contribution in [-0.4, -0.2) is 18.7 Å². The van der Waals surface area contributed by atoms with Gasteiger partial charge in [-0.3, -0.25) is 8.89 Å². The second-order valence-electron chi connectivity index (χ2n) is 6.15. The van der Waals surface area contributed by atoms with Crippen LogP contribution < -0.4 is 0 Å². The first-order valence-corrected chi connectivity index (χ1v) is 7.94. The minimum Gasteiger partial charge on any atom is -0.268 e. The maximum Gasteiger partial charge on any atom is 0.0682 e. The minimum absolute atomic E-state index is 0.227. The van der Waals surface area contributed by atoms with Crippen LogP contribution in [0.3, 0.4) is 0 Å². The van der Waals surface area contributed by atoms with Crippen molar-refractivity contribution in [1.29, 1.82) is 0 Å². The molecule has 3 nitrogen and oxygen atoms in total. The molecule has 0 fully saturated rings. The van der Waals surface area contributed by atoms with E-state index >= 15 is 0 Å². The van der Waals surface area contributed by atoms with Crippen LogP contribution in [0.5, 0.6) is 0 Å². The summed E-state index contributed by atoms with van der Waals surface area (Å²) in [5.74, 6) is 0. The van der Waals surface area contributed by atoms with Gasteiger partial charge in [0.1, 0.15) is 0 Å². The fourth-order valence-electron chi connectivity index (χ4n) is 2.09. The lowest BCUT2D eigenvalue weighted by molar-refractivity contribution is 0.656. The molecular formula is C16H22N2OS. The summed E-state index contributed by atoms with van der Waals surface area (Å²) in [7, 11) is 0.966. The molecule has 1 atom stereocenters. The molecule has 0 radical (unpaired) electrons. The average Bonchev–Trinajstić information content (AvgIpc) is 2.63. The van der Waals surface area contributed by atoms with Crippen LogP contribution in [0, 0.1) is 6.92 Å². The highest BCUT2D eigenvalue weighted by Gasteiger charge is 2.17. The Morgan fingerprint density at radius 1 is 1.35 bits per heavy atom. The number of hydrogen-bond acceptors (Lipinski definition) is 2. The maximum absolute atomic E-state index is 12.2. The van der Waals surface area contributed by atoms with Crippen molar-refractivity contribution in [3.05, 3.63) is 34.9 Å². The van der Waals surface area contributed by atoms with Gasteiger partial charge in [-0.2, -0.15) is 5.10 Å². The smallest absolute Gasteiger partial charge is 0.0682 e. The van der Waals surface area contributed by atoms with Gasteiger partial charge in [0, 0.05) is 22.6 Å². The summed E-state index contributed by atoms with van der Waals surface area (Å²) >= 11 is 0. The van der Waals surface area contributed by atoms with Gasteiger partial charge in [0.15, 0.2) is 0 Å². The van der Waals surface area contributed by atoms with Crippen LogP contribution in [-0.2, 0) is 17.8 Å². The summed E-state index contributed by atoms with van der Waals surface area (Å²) in [6.07, 6.45) is 0. The molecule has 1 aromatic heterocycles. The molecule has 0 spiro atoms. The molecule has 0 aliphatic heterocycles. The Bertz CT molecular complexity index is 705.